The Hall–Kier alpha value is -1.59. The molecule has 1 heterocycles. The number of likely N-dealkylation sites (tertiary alicyclic amines) is 1. The van der Waals surface area contributed by atoms with Gasteiger partial charge >= 0.3 is 0 Å². The van der Waals surface area contributed by atoms with Gasteiger partial charge in [0.2, 0.25) is 0 Å². The lowest BCUT2D eigenvalue weighted by atomic mass is 10.2. The van der Waals surface area contributed by atoms with Crippen molar-refractivity contribution in [3.63, 3.8) is 0 Å². The highest BCUT2D eigenvalue weighted by molar-refractivity contribution is 5.77. The summed E-state index contributed by atoms with van der Waals surface area (Å²) in [6.07, 6.45) is 2.53. The molecule has 5 heteroatoms. The van der Waals surface area contributed by atoms with E-state index in [1.807, 2.05) is 31.2 Å². The minimum atomic E-state index is -0.0791. The molecule has 21 heavy (non-hydrogen) atoms. The first-order chi connectivity index (χ1) is 10.2. The number of benzene rings is 1. The zero-order valence-electron chi connectivity index (χ0n) is 12.7. The van der Waals surface area contributed by atoms with Gasteiger partial charge in [-0.2, -0.15) is 0 Å². The van der Waals surface area contributed by atoms with Crippen molar-refractivity contribution in [1.29, 1.82) is 0 Å². The average molecular weight is 291 g/mol. The molecule has 0 aromatic heterocycles. The van der Waals surface area contributed by atoms with Gasteiger partial charge in [0.15, 0.2) is 6.61 Å². The van der Waals surface area contributed by atoms with Crippen LogP contribution in [-0.2, 0) is 11.3 Å². The van der Waals surface area contributed by atoms with E-state index >= 15 is 0 Å². The molecule has 2 rings (SSSR count). The zero-order chi connectivity index (χ0) is 15.1. The van der Waals surface area contributed by atoms with Gasteiger partial charge in [0.1, 0.15) is 5.75 Å². The SMILES string of the molecule is CC(CN1CCCC1)NC(=O)COc1ccc(CN)cc1. The van der Waals surface area contributed by atoms with Gasteiger partial charge in [0.25, 0.3) is 5.91 Å². The largest absolute Gasteiger partial charge is 0.484 e. The van der Waals surface area contributed by atoms with E-state index in [0.29, 0.717) is 12.3 Å². The Labute approximate surface area is 126 Å². The van der Waals surface area contributed by atoms with Crippen LogP contribution in [0.3, 0.4) is 0 Å². The molecular weight excluding hydrogens is 266 g/mol. The Balaban J connectivity index is 1.68. The highest BCUT2D eigenvalue weighted by Crippen LogP contribution is 2.11. The molecule has 1 saturated heterocycles. The van der Waals surface area contributed by atoms with E-state index in [1.54, 1.807) is 0 Å². The van der Waals surface area contributed by atoms with Crippen LogP contribution in [0.4, 0.5) is 0 Å². The van der Waals surface area contributed by atoms with Crippen molar-refractivity contribution in [3.05, 3.63) is 29.8 Å². The number of ether oxygens (including phenoxy) is 1. The Morgan fingerprint density at radius 1 is 1.33 bits per heavy atom. The number of hydrogen-bond acceptors (Lipinski definition) is 4. The van der Waals surface area contributed by atoms with Gasteiger partial charge < -0.3 is 20.7 Å². The maximum absolute atomic E-state index is 11.8. The van der Waals surface area contributed by atoms with Crippen molar-refractivity contribution in [2.24, 2.45) is 5.73 Å². The summed E-state index contributed by atoms with van der Waals surface area (Å²) >= 11 is 0. The van der Waals surface area contributed by atoms with Crippen molar-refractivity contribution >= 4 is 5.91 Å². The third-order valence-electron chi connectivity index (χ3n) is 3.67. The number of nitrogens with two attached hydrogens (primary N) is 1. The first-order valence-electron chi connectivity index (χ1n) is 7.61. The fourth-order valence-corrected chi connectivity index (χ4v) is 2.59. The number of amides is 1. The molecule has 0 spiro atoms. The number of nitrogens with zero attached hydrogens (tertiary/aromatic N) is 1. The van der Waals surface area contributed by atoms with E-state index in [2.05, 4.69) is 10.2 Å². The van der Waals surface area contributed by atoms with E-state index < -0.39 is 0 Å². The molecule has 5 nitrogen and oxygen atoms in total. The first-order valence-corrected chi connectivity index (χ1v) is 7.61. The Kier molecular flexibility index (Phi) is 6.02. The summed E-state index contributed by atoms with van der Waals surface area (Å²) in [5, 5.41) is 2.97. The summed E-state index contributed by atoms with van der Waals surface area (Å²) in [7, 11) is 0. The van der Waals surface area contributed by atoms with Gasteiger partial charge in [-0.1, -0.05) is 12.1 Å². The lowest BCUT2D eigenvalue weighted by Gasteiger charge is -2.21. The van der Waals surface area contributed by atoms with Gasteiger partial charge in [-0.15, -0.1) is 0 Å². The highest BCUT2D eigenvalue weighted by atomic mass is 16.5. The van der Waals surface area contributed by atoms with Crippen LogP contribution in [0.2, 0.25) is 0 Å². The number of hydrogen-bond donors (Lipinski definition) is 2. The molecule has 1 aromatic carbocycles. The highest BCUT2D eigenvalue weighted by Gasteiger charge is 2.16. The minimum Gasteiger partial charge on any atom is -0.484 e. The Bertz CT molecular complexity index is 441. The Morgan fingerprint density at radius 3 is 2.62 bits per heavy atom. The van der Waals surface area contributed by atoms with Crippen LogP contribution in [0, 0.1) is 0 Å². The third kappa shape index (κ3) is 5.36. The molecule has 3 N–H and O–H groups in total. The van der Waals surface area contributed by atoms with Crippen molar-refractivity contribution in [2.45, 2.75) is 32.4 Å². The standard InChI is InChI=1S/C16H25N3O2/c1-13(11-19-8-2-3-9-19)18-16(20)12-21-15-6-4-14(10-17)5-7-15/h4-7,13H,2-3,8-12,17H2,1H3,(H,18,20). The molecule has 1 atom stereocenters. The molecule has 1 aliphatic rings. The van der Waals surface area contributed by atoms with E-state index in [4.69, 9.17) is 10.5 Å². The second-order valence-corrected chi connectivity index (χ2v) is 5.61. The molecule has 1 fully saturated rings. The summed E-state index contributed by atoms with van der Waals surface area (Å²) in [5.74, 6) is 0.610. The topological polar surface area (TPSA) is 67.6 Å². The molecule has 1 aromatic rings. The second kappa shape index (κ2) is 8.00. The average Bonchev–Trinajstić information content (AvgIpc) is 2.98. The molecule has 0 radical (unpaired) electrons. The zero-order valence-corrected chi connectivity index (χ0v) is 12.7. The summed E-state index contributed by atoms with van der Waals surface area (Å²) < 4.78 is 5.47. The summed E-state index contributed by atoms with van der Waals surface area (Å²) in [5.41, 5.74) is 6.58. The Morgan fingerprint density at radius 2 is 2.00 bits per heavy atom. The number of nitrogens with one attached hydrogen (secondary N) is 1. The van der Waals surface area contributed by atoms with Gasteiger partial charge in [0.05, 0.1) is 0 Å². The van der Waals surface area contributed by atoms with Crippen molar-refractivity contribution in [1.82, 2.24) is 10.2 Å². The first kappa shape index (κ1) is 15.8. The maximum Gasteiger partial charge on any atom is 0.258 e. The van der Waals surface area contributed by atoms with Crippen LogP contribution < -0.4 is 15.8 Å². The molecular formula is C16H25N3O2. The van der Waals surface area contributed by atoms with Crippen LogP contribution in [-0.4, -0.2) is 43.1 Å². The van der Waals surface area contributed by atoms with E-state index in [0.717, 1.165) is 25.2 Å². The molecule has 1 unspecified atom stereocenters. The van der Waals surface area contributed by atoms with Crippen molar-refractivity contribution in [2.75, 3.05) is 26.2 Å². The number of carbonyl (C=O) groups excluding carboxylic acids is 1. The smallest absolute Gasteiger partial charge is 0.258 e. The van der Waals surface area contributed by atoms with Crippen LogP contribution in [0.1, 0.15) is 25.3 Å². The van der Waals surface area contributed by atoms with Crippen molar-refractivity contribution < 1.29 is 9.53 Å². The minimum absolute atomic E-state index is 0.0479. The molecule has 0 aliphatic carbocycles. The molecule has 1 amide bonds. The normalized spacial score (nSPS) is 16.7. The van der Waals surface area contributed by atoms with Crippen LogP contribution in [0.5, 0.6) is 5.75 Å². The van der Waals surface area contributed by atoms with E-state index in [9.17, 15) is 4.79 Å². The van der Waals surface area contributed by atoms with Crippen LogP contribution in [0.15, 0.2) is 24.3 Å². The molecule has 1 aliphatic heterocycles. The van der Waals surface area contributed by atoms with E-state index in [-0.39, 0.29) is 18.6 Å². The molecule has 0 saturated carbocycles. The van der Waals surface area contributed by atoms with E-state index in [1.165, 1.54) is 12.8 Å². The lowest BCUT2D eigenvalue weighted by Crippen LogP contribution is -2.42. The molecule has 116 valence electrons. The molecule has 0 bridgehead atoms. The van der Waals surface area contributed by atoms with Gasteiger partial charge in [-0.3, -0.25) is 4.79 Å². The summed E-state index contributed by atoms with van der Waals surface area (Å²) in [6.45, 7) is 5.79. The second-order valence-electron chi connectivity index (χ2n) is 5.61. The van der Waals surface area contributed by atoms with Crippen LogP contribution >= 0.6 is 0 Å². The maximum atomic E-state index is 11.8. The monoisotopic (exact) mass is 291 g/mol. The number of rotatable bonds is 7. The van der Waals surface area contributed by atoms with Gasteiger partial charge in [0, 0.05) is 19.1 Å². The van der Waals surface area contributed by atoms with Gasteiger partial charge in [-0.05, 0) is 50.6 Å². The summed E-state index contributed by atoms with van der Waals surface area (Å²) in [6, 6.07) is 7.64. The fraction of sp³-hybridized carbons (Fsp3) is 0.562. The lowest BCUT2D eigenvalue weighted by molar-refractivity contribution is -0.123. The van der Waals surface area contributed by atoms with Gasteiger partial charge in [-0.25, -0.2) is 0 Å². The third-order valence-corrected chi connectivity index (χ3v) is 3.67. The predicted octanol–water partition coefficient (Wildman–Crippen LogP) is 1.12. The predicted molar refractivity (Wildman–Crippen MR) is 83.1 cm³/mol. The quantitative estimate of drug-likeness (QED) is 0.790. The van der Waals surface area contributed by atoms with Crippen molar-refractivity contribution in [3.8, 4) is 5.75 Å². The summed E-state index contributed by atoms with van der Waals surface area (Å²) in [4.78, 5) is 14.2. The number of carbonyl (C=O) groups is 1. The fourth-order valence-electron chi connectivity index (χ4n) is 2.59. The van der Waals surface area contributed by atoms with Crippen LogP contribution in [0.25, 0.3) is 0 Å².